The first-order valence-electron chi connectivity index (χ1n) is 10.6. The molecule has 2 aromatic carbocycles. The van der Waals surface area contributed by atoms with Gasteiger partial charge in [-0.05, 0) is 68.8 Å². The van der Waals surface area contributed by atoms with Gasteiger partial charge in [-0.15, -0.1) is 0 Å². The summed E-state index contributed by atoms with van der Waals surface area (Å²) in [4.78, 5) is 14.6. The molecule has 0 aromatic heterocycles. The molecule has 0 bridgehead atoms. The summed E-state index contributed by atoms with van der Waals surface area (Å²) >= 11 is 0. The average molecular weight is 426 g/mol. The number of hydrazone groups is 1. The molecule has 1 saturated heterocycles. The number of methoxy groups -OCH3 is 2. The Morgan fingerprint density at radius 3 is 2.42 bits per heavy atom. The van der Waals surface area contributed by atoms with Crippen molar-refractivity contribution in [3.05, 3.63) is 53.6 Å². The van der Waals surface area contributed by atoms with Crippen LogP contribution in [0.3, 0.4) is 0 Å². The zero-order valence-electron chi connectivity index (χ0n) is 18.5. The molecule has 31 heavy (non-hydrogen) atoms. The van der Waals surface area contributed by atoms with Crippen LogP contribution in [0.1, 0.15) is 37.3 Å². The highest BCUT2D eigenvalue weighted by atomic mass is 16.5. The van der Waals surface area contributed by atoms with E-state index < -0.39 is 0 Å². The van der Waals surface area contributed by atoms with Gasteiger partial charge >= 0.3 is 0 Å². The van der Waals surface area contributed by atoms with Crippen LogP contribution in [0.15, 0.2) is 47.6 Å². The summed E-state index contributed by atoms with van der Waals surface area (Å²) in [6, 6.07) is 13.2. The van der Waals surface area contributed by atoms with Gasteiger partial charge in [0.25, 0.3) is 5.91 Å². The molecule has 7 heteroatoms. The number of para-hydroxylation sites is 2. The highest BCUT2D eigenvalue weighted by Crippen LogP contribution is 2.26. The van der Waals surface area contributed by atoms with Crippen LogP contribution in [0.2, 0.25) is 0 Å². The highest BCUT2D eigenvalue weighted by molar-refractivity contribution is 5.99. The van der Waals surface area contributed by atoms with Gasteiger partial charge in [0.2, 0.25) is 0 Å². The van der Waals surface area contributed by atoms with Crippen molar-refractivity contribution < 1.29 is 19.0 Å². The molecule has 0 atom stereocenters. The van der Waals surface area contributed by atoms with E-state index in [1.54, 1.807) is 26.4 Å². The molecule has 1 heterocycles. The predicted molar refractivity (Wildman–Crippen MR) is 121 cm³/mol. The van der Waals surface area contributed by atoms with Crippen LogP contribution in [0.4, 0.5) is 0 Å². The number of amides is 1. The van der Waals surface area contributed by atoms with Gasteiger partial charge in [0.05, 0.1) is 19.9 Å². The Bertz CT molecular complexity index is 907. The lowest BCUT2D eigenvalue weighted by Gasteiger charge is -2.27. The standard InChI is InChI=1S/C24H31N3O4/c1-18(25-26-24(28)17-31-23-10-6-5-9-22(23)30-3)19-11-12-21(29-2)20(15-19)16-27-13-7-4-8-14-27/h5-6,9-12,15H,4,7-8,13-14,16-17H2,1-3H3,(H,26,28)/b25-18-. The fraction of sp³-hybridized carbons (Fsp3) is 0.417. The molecule has 166 valence electrons. The predicted octanol–water partition coefficient (Wildman–Crippen LogP) is 3.61. The summed E-state index contributed by atoms with van der Waals surface area (Å²) in [6.45, 7) is 4.79. The molecule has 0 spiro atoms. The summed E-state index contributed by atoms with van der Waals surface area (Å²) in [5, 5.41) is 4.24. The third-order valence-electron chi connectivity index (χ3n) is 5.32. The van der Waals surface area contributed by atoms with Crippen molar-refractivity contribution in [2.75, 3.05) is 33.9 Å². The van der Waals surface area contributed by atoms with Gasteiger partial charge in [-0.3, -0.25) is 9.69 Å². The molecule has 0 aliphatic carbocycles. The highest BCUT2D eigenvalue weighted by Gasteiger charge is 2.14. The van der Waals surface area contributed by atoms with Crippen LogP contribution in [-0.4, -0.2) is 50.4 Å². The molecule has 0 unspecified atom stereocenters. The third kappa shape index (κ3) is 6.46. The lowest BCUT2D eigenvalue weighted by atomic mass is 10.0. The Morgan fingerprint density at radius 1 is 1.00 bits per heavy atom. The number of benzene rings is 2. The van der Waals surface area contributed by atoms with E-state index in [4.69, 9.17) is 14.2 Å². The smallest absolute Gasteiger partial charge is 0.277 e. The number of carbonyl (C=O) groups excluding carboxylic acids is 1. The summed E-state index contributed by atoms with van der Waals surface area (Å²) in [5.41, 5.74) is 5.35. The monoisotopic (exact) mass is 425 g/mol. The summed E-state index contributed by atoms with van der Waals surface area (Å²) in [7, 11) is 3.25. The molecular weight excluding hydrogens is 394 g/mol. The van der Waals surface area contributed by atoms with Crippen LogP contribution in [0, 0.1) is 0 Å². The Morgan fingerprint density at radius 2 is 1.71 bits per heavy atom. The van der Waals surface area contributed by atoms with Crippen molar-refractivity contribution in [1.29, 1.82) is 0 Å². The van der Waals surface area contributed by atoms with Crippen LogP contribution in [-0.2, 0) is 11.3 Å². The van der Waals surface area contributed by atoms with Crippen LogP contribution >= 0.6 is 0 Å². The van der Waals surface area contributed by atoms with E-state index in [2.05, 4.69) is 21.5 Å². The maximum Gasteiger partial charge on any atom is 0.277 e. The van der Waals surface area contributed by atoms with Gasteiger partial charge in [0.1, 0.15) is 5.75 Å². The van der Waals surface area contributed by atoms with Gasteiger partial charge in [-0.25, -0.2) is 5.43 Å². The Kier molecular flexibility index (Phi) is 8.29. The van der Waals surface area contributed by atoms with E-state index >= 15 is 0 Å². The molecule has 0 radical (unpaired) electrons. The van der Waals surface area contributed by atoms with Gasteiger partial charge < -0.3 is 14.2 Å². The first-order valence-corrected chi connectivity index (χ1v) is 10.6. The Balaban J connectivity index is 1.61. The van der Waals surface area contributed by atoms with Crippen molar-refractivity contribution in [1.82, 2.24) is 10.3 Å². The van der Waals surface area contributed by atoms with E-state index in [9.17, 15) is 4.79 Å². The molecule has 7 nitrogen and oxygen atoms in total. The minimum Gasteiger partial charge on any atom is -0.496 e. The van der Waals surface area contributed by atoms with E-state index in [1.165, 1.54) is 19.3 Å². The molecule has 1 amide bonds. The van der Waals surface area contributed by atoms with Crippen LogP contribution in [0.5, 0.6) is 17.2 Å². The third-order valence-corrected chi connectivity index (χ3v) is 5.32. The van der Waals surface area contributed by atoms with Crippen LogP contribution in [0.25, 0.3) is 0 Å². The number of nitrogens with zero attached hydrogens (tertiary/aromatic N) is 2. The Hall–Kier alpha value is -3.06. The number of nitrogens with one attached hydrogen (secondary N) is 1. The second kappa shape index (κ2) is 11.4. The number of hydrogen-bond donors (Lipinski definition) is 1. The fourth-order valence-corrected chi connectivity index (χ4v) is 3.61. The molecule has 1 N–H and O–H groups in total. The minimum absolute atomic E-state index is 0.153. The van der Waals surface area contributed by atoms with Crippen molar-refractivity contribution >= 4 is 11.6 Å². The lowest BCUT2D eigenvalue weighted by Crippen LogP contribution is -2.29. The number of ether oxygens (including phenoxy) is 3. The van der Waals surface area contributed by atoms with Gasteiger partial charge in [-0.2, -0.15) is 5.10 Å². The molecule has 1 aliphatic heterocycles. The maximum absolute atomic E-state index is 12.2. The second-order valence-corrected chi connectivity index (χ2v) is 7.54. The van der Waals surface area contributed by atoms with Crippen molar-refractivity contribution in [3.8, 4) is 17.2 Å². The van der Waals surface area contributed by atoms with Gasteiger partial charge in [-0.1, -0.05) is 18.6 Å². The van der Waals surface area contributed by atoms with Gasteiger partial charge in [0.15, 0.2) is 18.1 Å². The summed E-state index contributed by atoms with van der Waals surface area (Å²) in [5.74, 6) is 1.62. The fourth-order valence-electron chi connectivity index (χ4n) is 3.61. The second-order valence-electron chi connectivity index (χ2n) is 7.54. The molecule has 1 fully saturated rings. The number of rotatable bonds is 9. The van der Waals surface area contributed by atoms with E-state index in [-0.39, 0.29) is 12.5 Å². The first-order chi connectivity index (χ1) is 15.1. The molecule has 0 saturated carbocycles. The maximum atomic E-state index is 12.2. The van der Waals surface area contributed by atoms with E-state index in [0.717, 1.165) is 36.5 Å². The van der Waals surface area contributed by atoms with E-state index in [0.29, 0.717) is 17.2 Å². The Labute approximate surface area is 184 Å². The normalized spacial score (nSPS) is 14.7. The number of carbonyl (C=O) groups is 1. The van der Waals surface area contributed by atoms with E-state index in [1.807, 2.05) is 31.2 Å². The van der Waals surface area contributed by atoms with Crippen molar-refractivity contribution in [2.24, 2.45) is 5.10 Å². The van der Waals surface area contributed by atoms with Crippen molar-refractivity contribution in [3.63, 3.8) is 0 Å². The zero-order valence-corrected chi connectivity index (χ0v) is 18.5. The molecule has 3 rings (SSSR count). The quantitative estimate of drug-likeness (QED) is 0.491. The molecule has 1 aliphatic rings. The first kappa shape index (κ1) is 22.6. The average Bonchev–Trinajstić information content (AvgIpc) is 2.82. The van der Waals surface area contributed by atoms with Gasteiger partial charge in [0, 0.05) is 12.1 Å². The number of likely N-dealkylation sites (tertiary alicyclic amines) is 1. The summed E-state index contributed by atoms with van der Waals surface area (Å²) in [6.07, 6.45) is 3.79. The van der Waals surface area contributed by atoms with Crippen molar-refractivity contribution in [2.45, 2.75) is 32.7 Å². The summed E-state index contributed by atoms with van der Waals surface area (Å²) < 4.78 is 16.3. The number of piperidine rings is 1. The van der Waals surface area contributed by atoms with Crippen LogP contribution < -0.4 is 19.6 Å². The molecule has 2 aromatic rings. The molecular formula is C24H31N3O4. The number of hydrogen-bond acceptors (Lipinski definition) is 6. The minimum atomic E-state index is -0.340. The largest absolute Gasteiger partial charge is 0.496 e. The zero-order chi connectivity index (χ0) is 22.1. The topological polar surface area (TPSA) is 72.4 Å². The SMILES string of the molecule is COc1ccc(/C(C)=N\NC(=O)COc2ccccc2OC)cc1CN1CCCCC1. The lowest BCUT2D eigenvalue weighted by molar-refractivity contribution is -0.123.